The number of rotatable bonds is 6. The molecule has 23 heavy (non-hydrogen) atoms. The minimum absolute atomic E-state index is 0.0394. The van der Waals surface area contributed by atoms with Gasteiger partial charge in [0.05, 0.1) is 11.5 Å². The molecular formula is C15H16O6S2. The van der Waals surface area contributed by atoms with E-state index in [9.17, 15) is 16.8 Å². The van der Waals surface area contributed by atoms with Gasteiger partial charge in [-0.1, -0.05) is 0 Å². The number of sulfone groups is 1. The summed E-state index contributed by atoms with van der Waals surface area (Å²) in [6.07, 6.45) is 1.05. The summed E-state index contributed by atoms with van der Waals surface area (Å²) in [5, 5.41) is 0. The number of hydrogen-bond donors (Lipinski definition) is 0. The van der Waals surface area contributed by atoms with Gasteiger partial charge in [-0.15, -0.1) is 0 Å². The Morgan fingerprint density at radius 2 is 1.26 bits per heavy atom. The summed E-state index contributed by atoms with van der Waals surface area (Å²) < 4.78 is 57.4. The van der Waals surface area contributed by atoms with Crippen LogP contribution in [0, 0.1) is 0 Å². The van der Waals surface area contributed by atoms with E-state index in [0.717, 1.165) is 6.26 Å². The van der Waals surface area contributed by atoms with Gasteiger partial charge in [0.15, 0.2) is 9.84 Å². The SMILES string of the molecule is CCOc1ccc(OS(=O)(=O)c2ccc(S(C)(=O)=O)cc2)cc1. The lowest BCUT2D eigenvalue weighted by atomic mass is 10.3. The Morgan fingerprint density at radius 3 is 1.74 bits per heavy atom. The second kappa shape index (κ2) is 6.59. The number of hydrogen-bond acceptors (Lipinski definition) is 6. The van der Waals surface area contributed by atoms with Gasteiger partial charge in [0, 0.05) is 6.26 Å². The predicted octanol–water partition coefficient (Wildman–Crippen LogP) is 2.26. The van der Waals surface area contributed by atoms with Gasteiger partial charge < -0.3 is 8.92 Å². The molecule has 0 atom stereocenters. The first-order valence-corrected chi connectivity index (χ1v) is 10.00. The molecule has 8 heteroatoms. The van der Waals surface area contributed by atoms with E-state index in [4.69, 9.17) is 8.92 Å². The van der Waals surface area contributed by atoms with E-state index in [1.165, 1.54) is 36.4 Å². The van der Waals surface area contributed by atoms with E-state index in [1.807, 2.05) is 6.92 Å². The van der Waals surface area contributed by atoms with Gasteiger partial charge >= 0.3 is 10.1 Å². The lowest BCUT2D eigenvalue weighted by molar-refractivity contribution is 0.340. The van der Waals surface area contributed by atoms with Crippen LogP contribution in [0.25, 0.3) is 0 Å². The first kappa shape index (κ1) is 17.3. The maximum absolute atomic E-state index is 12.2. The van der Waals surface area contributed by atoms with Crippen molar-refractivity contribution in [1.82, 2.24) is 0 Å². The maximum Gasteiger partial charge on any atom is 0.339 e. The molecule has 0 unspecified atom stereocenters. The zero-order valence-electron chi connectivity index (χ0n) is 12.6. The fourth-order valence-electron chi connectivity index (χ4n) is 1.79. The van der Waals surface area contributed by atoms with Gasteiger partial charge in [0.2, 0.25) is 0 Å². The molecule has 2 aromatic carbocycles. The molecule has 2 aromatic rings. The molecule has 0 heterocycles. The molecule has 0 aliphatic carbocycles. The van der Waals surface area contributed by atoms with Crippen LogP contribution in [0.5, 0.6) is 11.5 Å². The Bertz CT molecular complexity index is 867. The van der Waals surface area contributed by atoms with E-state index in [0.29, 0.717) is 12.4 Å². The molecule has 6 nitrogen and oxygen atoms in total. The molecular weight excluding hydrogens is 340 g/mol. The van der Waals surface area contributed by atoms with Crippen LogP contribution in [0.3, 0.4) is 0 Å². The summed E-state index contributed by atoms with van der Waals surface area (Å²) in [6, 6.07) is 11.0. The molecule has 0 fully saturated rings. The van der Waals surface area contributed by atoms with Crippen molar-refractivity contribution in [3.05, 3.63) is 48.5 Å². The average molecular weight is 356 g/mol. The highest BCUT2D eigenvalue weighted by Gasteiger charge is 2.18. The van der Waals surface area contributed by atoms with Crippen molar-refractivity contribution < 1.29 is 25.8 Å². The van der Waals surface area contributed by atoms with E-state index in [2.05, 4.69) is 0 Å². The van der Waals surface area contributed by atoms with E-state index in [-0.39, 0.29) is 15.5 Å². The highest BCUT2D eigenvalue weighted by molar-refractivity contribution is 7.90. The van der Waals surface area contributed by atoms with Gasteiger partial charge in [-0.2, -0.15) is 8.42 Å². The van der Waals surface area contributed by atoms with Crippen LogP contribution < -0.4 is 8.92 Å². The third-order valence-electron chi connectivity index (χ3n) is 2.88. The minimum Gasteiger partial charge on any atom is -0.494 e. The van der Waals surface area contributed by atoms with Crippen LogP contribution in [0.1, 0.15) is 6.92 Å². The fourth-order valence-corrected chi connectivity index (χ4v) is 3.35. The molecule has 0 N–H and O–H groups in total. The Morgan fingerprint density at radius 1 is 0.783 bits per heavy atom. The Hall–Kier alpha value is -2.06. The molecule has 0 spiro atoms. The number of benzene rings is 2. The van der Waals surface area contributed by atoms with Crippen molar-refractivity contribution in [3.8, 4) is 11.5 Å². The minimum atomic E-state index is -4.04. The van der Waals surface area contributed by atoms with E-state index < -0.39 is 20.0 Å². The van der Waals surface area contributed by atoms with Crippen molar-refractivity contribution in [1.29, 1.82) is 0 Å². The predicted molar refractivity (Wildman–Crippen MR) is 85.0 cm³/mol. The summed E-state index contributed by atoms with van der Waals surface area (Å²) in [5.41, 5.74) is 0. The Balaban J connectivity index is 2.21. The molecule has 0 saturated heterocycles. The second-order valence-electron chi connectivity index (χ2n) is 4.69. The quantitative estimate of drug-likeness (QED) is 0.738. The standard InChI is InChI=1S/C15H16O6S2/c1-3-20-12-4-6-13(7-5-12)21-23(18,19)15-10-8-14(9-11-15)22(2,16)17/h4-11H,3H2,1-2H3. The average Bonchev–Trinajstić information content (AvgIpc) is 2.48. The van der Waals surface area contributed by atoms with Crippen molar-refractivity contribution in [2.45, 2.75) is 16.7 Å². The van der Waals surface area contributed by atoms with Crippen LogP contribution in [0.4, 0.5) is 0 Å². The molecule has 0 amide bonds. The largest absolute Gasteiger partial charge is 0.494 e. The van der Waals surface area contributed by atoms with Gasteiger partial charge in [-0.05, 0) is 55.5 Å². The van der Waals surface area contributed by atoms with Gasteiger partial charge in [-0.25, -0.2) is 8.42 Å². The van der Waals surface area contributed by atoms with Gasteiger partial charge in [0.1, 0.15) is 16.4 Å². The monoisotopic (exact) mass is 356 g/mol. The molecule has 124 valence electrons. The lowest BCUT2D eigenvalue weighted by Gasteiger charge is -2.08. The normalized spacial score (nSPS) is 11.9. The van der Waals surface area contributed by atoms with Crippen molar-refractivity contribution in [3.63, 3.8) is 0 Å². The first-order valence-electron chi connectivity index (χ1n) is 6.70. The van der Waals surface area contributed by atoms with Crippen molar-refractivity contribution in [2.24, 2.45) is 0 Å². The highest BCUT2D eigenvalue weighted by atomic mass is 32.2. The molecule has 2 rings (SSSR count). The Kier molecular flexibility index (Phi) is 4.96. The summed E-state index contributed by atoms with van der Waals surface area (Å²) in [5.74, 6) is 0.746. The zero-order valence-corrected chi connectivity index (χ0v) is 14.2. The second-order valence-corrected chi connectivity index (χ2v) is 8.25. The lowest BCUT2D eigenvalue weighted by Crippen LogP contribution is -2.10. The highest BCUT2D eigenvalue weighted by Crippen LogP contribution is 2.22. The third-order valence-corrected chi connectivity index (χ3v) is 5.27. The van der Waals surface area contributed by atoms with E-state index in [1.54, 1.807) is 12.1 Å². The fraction of sp³-hybridized carbons (Fsp3) is 0.200. The molecule has 0 aliphatic heterocycles. The molecule has 0 aromatic heterocycles. The Labute approximate surface area is 135 Å². The first-order chi connectivity index (χ1) is 10.7. The summed E-state index contributed by atoms with van der Waals surface area (Å²) in [7, 11) is -7.42. The summed E-state index contributed by atoms with van der Waals surface area (Å²) in [4.78, 5) is -0.0868. The van der Waals surface area contributed by atoms with Crippen LogP contribution in [0.2, 0.25) is 0 Å². The van der Waals surface area contributed by atoms with Gasteiger partial charge in [-0.3, -0.25) is 0 Å². The van der Waals surface area contributed by atoms with Gasteiger partial charge in [0.25, 0.3) is 0 Å². The number of ether oxygens (including phenoxy) is 1. The zero-order chi connectivity index (χ0) is 17.1. The smallest absolute Gasteiger partial charge is 0.339 e. The molecule has 0 radical (unpaired) electrons. The topological polar surface area (TPSA) is 86.7 Å². The summed E-state index contributed by atoms with van der Waals surface area (Å²) >= 11 is 0. The van der Waals surface area contributed by atoms with Crippen LogP contribution in [0.15, 0.2) is 58.3 Å². The molecule has 0 saturated carbocycles. The van der Waals surface area contributed by atoms with Crippen LogP contribution in [-0.4, -0.2) is 29.7 Å². The third kappa shape index (κ3) is 4.46. The van der Waals surface area contributed by atoms with E-state index >= 15 is 0 Å². The van der Waals surface area contributed by atoms with Crippen LogP contribution in [-0.2, 0) is 20.0 Å². The van der Waals surface area contributed by atoms with Crippen LogP contribution >= 0.6 is 0 Å². The summed E-state index contributed by atoms with van der Waals surface area (Å²) in [6.45, 7) is 2.35. The maximum atomic E-state index is 12.2. The van der Waals surface area contributed by atoms with Crippen molar-refractivity contribution in [2.75, 3.05) is 12.9 Å². The molecule has 0 aliphatic rings. The van der Waals surface area contributed by atoms with Crippen molar-refractivity contribution >= 4 is 20.0 Å². The molecule has 0 bridgehead atoms.